The molecule has 3 aromatic rings. The minimum atomic E-state index is -0.254. The highest BCUT2D eigenvalue weighted by molar-refractivity contribution is 6.04. The number of rotatable bonds is 6. The standard InChI is InChI=1S/C22H20N4O4/c1-14(27)25-17-3-5-18(6-4-17)26-22(28)16-8-9-23-21(11-16)24-12-15-2-7-19-20(10-15)30-13-29-19/h2-11H,12-13H2,1H3,(H,23,24)(H,25,27)(H,26,28). The maximum absolute atomic E-state index is 12.6. The molecule has 0 unspecified atom stereocenters. The molecule has 2 heterocycles. The van der Waals surface area contributed by atoms with Crippen molar-refractivity contribution in [1.29, 1.82) is 0 Å². The Labute approximate surface area is 173 Å². The highest BCUT2D eigenvalue weighted by Crippen LogP contribution is 2.32. The summed E-state index contributed by atoms with van der Waals surface area (Å²) >= 11 is 0. The molecule has 2 aromatic carbocycles. The van der Waals surface area contributed by atoms with E-state index in [4.69, 9.17) is 9.47 Å². The number of anilines is 3. The number of amides is 2. The maximum Gasteiger partial charge on any atom is 0.255 e. The molecule has 0 saturated heterocycles. The van der Waals surface area contributed by atoms with Crippen LogP contribution in [-0.4, -0.2) is 23.6 Å². The Balaban J connectivity index is 1.37. The minimum Gasteiger partial charge on any atom is -0.454 e. The molecule has 0 fully saturated rings. The van der Waals surface area contributed by atoms with Crippen LogP contribution < -0.4 is 25.4 Å². The highest BCUT2D eigenvalue weighted by atomic mass is 16.7. The van der Waals surface area contributed by atoms with Crippen molar-refractivity contribution in [3.63, 3.8) is 0 Å². The molecule has 1 aliphatic heterocycles. The summed E-state index contributed by atoms with van der Waals surface area (Å²) < 4.78 is 10.7. The van der Waals surface area contributed by atoms with Crippen LogP contribution in [0.1, 0.15) is 22.8 Å². The minimum absolute atomic E-state index is 0.149. The van der Waals surface area contributed by atoms with Crippen LogP contribution in [0.5, 0.6) is 11.5 Å². The van der Waals surface area contributed by atoms with Crippen LogP contribution in [0.2, 0.25) is 0 Å². The zero-order valence-electron chi connectivity index (χ0n) is 16.3. The van der Waals surface area contributed by atoms with Gasteiger partial charge in [-0.25, -0.2) is 4.98 Å². The molecule has 1 aromatic heterocycles. The van der Waals surface area contributed by atoms with E-state index in [9.17, 15) is 9.59 Å². The zero-order valence-corrected chi connectivity index (χ0v) is 16.3. The fourth-order valence-corrected chi connectivity index (χ4v) is 2.96. The molecule has 152 valence electrons. The average Bonchev–Trinajstić information content (AvgIpc) is 3.21. The third-order valence-corrected chi connectivity index (χ3v) is 4.40. The lowest BCUT2D eigenvalue weighted by Gasteiger charge is -2.09. The van der Waals surface area contributed by atoms with E-state index >= 15 is 0 Å². The molecule has 0 spiro atoms. The lowest BCUT2D eigenvalue weighted by atomic mass is 10.2. The number of pyridine rings is 1. The van der Waals surface area contributed by atoms with Crippen LogP contribution in [-0.2, 0) is 11.3 Å². The van der Waals surface area contributed by atoms with Gasteiger partial charge in [0.1, 0.15) is 5.82 Å². The smallest absolute Gasteiger partial charge is 0.255 e. The first-order chi connectivity index (χ1) is 14.6. The zero-order chi connectivity index (χ0) is 20.9. The van der Waals surface area contributed by atoms with Gasteiger partial charge in [0.05, 0.1) is 0 Å². The molecule has 0 saturated carbocycles. The molecule has 3 N–H and O–H groups in total. The van der Waals surface area contributed by atoms with Gasteiger partial charge in [-0.3, -0.25) is 9.59 Å². The summed E-state index contributed by atoms with van der Waals surface area (Å²) in [5.41, 5.74) is 2.78. The number of hydrogen-bond donors (Lipinski definition) is 3. The summed E-state index contributed by atoms with van der Waals surface area (Å²) in [6.45, 7) is 2.21. The first kappa shape index (κ1) is 19.3. The van der Waals surface area contributed by atoms with Crippen LogP contribution in [0.25, 0.3) is 0 Å². The number of benzene rings is 2. The molecule has 4 rings (SSSR count). The van der Waals surface area contributed by atoms with Gasteiger partial charge in [0.2, 0.25) is 12.7 Å². The largest absolute Gasteiger partial charge is 0.454 e. The second-order valence-electron chi connectivity index (χ2n) is 6.68. The van der Waals surface area contributed by atoms with Crippen LogP contribution in [0.4, 0.5) is 17.2 Å². The number of nitrogens with one attached hydrogen (secondary N) is 3. The van der Waals surface area contributed by atoms with Gasteiger partial charge in [-0.1, -0.05) is 6.07 Å². The number of hydrogen-bond acceptors (Lipinski definition) is 6. The fraction of sp³-hybridized carbons (Fsp3) is 0.136. The van der Waals surface area contributed by atoms with E-state index in [1.807, 2.05) is 18.2 Å². The lowest BCUT2D eigenvalue weighted by Crippen LogP contribution is -2.13. The fourth-order valence-electron chi connectivity index (χ4n) is 2.96. The summed E-state index contributed by atoms with van der Waals surface area (Å²) in [7, 11) is 0. The Morgan fingerprint density at radius 3 is 2.43 bits per heavy atom. The van der Waals surface area contributed by atoms with Gasteiger partial charge in [0.15, 0.2) is 11.5 Å². The van der Waals surface area contributed by atoms with Crippen molar-refractivity contribution in [2.45, 2.75) is 13.5 Å². The Morgan fingerprint density at radius 2 is 1.67 bits per heavy atom. The van der Waals surface area contributed by atoms with E-state index in [0.717, 1.165) is 17.1 Å². The predicted molar refractivity (Wildman–Crippen MR) is 113 cm³/mol. The van der Waals surface area contributed by atoms with E-state index in [2.05, 4.69) is 20.9 Å². The molecule has 0 aliphatic carbocycles. The number of carbonyl (C=O) groups excluding carboxylic acids is 2. The van der Waals surface area contributed by atoms with Crippen molar-refractivity contribution in [3.8, 4) is 11.5 Å². The normalized spacial score (nSPS) is 11.6. The monoisotopic (exact) mass is 404 g/mol. The van der Waals surface area contributed by atoms with Crippen LogP contribution in [0.3, 0.4) is 0 Å². The van der Waals surface area contributed by atoms with E-state index in [-0.39, 0.29) is 18.6 Å². The second-order valence-corrected chi connectivity index (χ2v) is 6.68. The van der Waals surface area contributed by atoms with Gasteiger partial charge in [0, 0.05) is 36.6 Å². The van der Waals surface area contributed by atoms with Gasteiger partial charge in [-0.15, -0.1) is 0 Å². The van der Waals surface area contributed by atoms with Crippen molar-refractivity contribution < 1.29 is 19.1 Å². The molecule has 0 bridgehead atoms. The van der Waals surface area contributed by atoms with Crippen molar-refractivity contribution in [2.75, 3.05) is 22.7 Å². The second kappa shape index (κ2) is 8.52. The molecule has 0 radical (unpaired) electrons. The Morgan fingerprint density at radius 1 is 0.933 bits per heavy atom. The molecule has 8 nitrogen and oxygen atoms in total. The van der Waals surface area contributed by atoms with Crippen molar-refractivity contribution in [2.24, 2.45) is 0 Å². The molecule has 1 aliphatic rings. The van der Waals surface area contributed by atoms with Gasteiger partial charge in [0.25, 0.3) is 5.91 Å². The molecule has 30 heavy (non-hydrogen) atoms. The predicted octanol–water partition coefficient (Wildman–Crippen LogP) is 3.63. The quantitative estimate of drug-likeness (QED) is 0.580. The molecule has 8 heteroatoms. The maximum atomic E-state index is 12.6. The number of aromatic nitrogens is 1. The average molecular weight is 404 g/mol. The van der Waals surface area contributed by atoms with Gasteiger partial charge in [-0.05, 0) is 54.1 Å². The van der Waals surface area contributed by atoms with E-state index in [1.54, 1.807) is 42.6 Å². The van der Waals surface area contributed by atoms with Crippen molar-refractivity contribution in [1.82, 2.24) is 4.98 Å². The molecule has 2 amide bonds. The van der Waals surface area contributed by atoms with Crippen molar-refractivity contribution >= 4 is 29.0 Å². The first-order valence-corrected chi connectivity index (χ1v) is 9.34. The Bertz CT molecular complexity index is 1080. The molecular formula is C22H20N4O4. The van der Waals surface area contributed by atoms with Gasteiger partial charge < -0.3 is 25.4 Å². The highest BCUT2D eigenvalue weighted by Gasteiger charge is 2.13. The molecular weight excluding hydrogens is 384 g/mol. The number of ether oxygens (including phenoxy) is 2. The third-order valence-electron chi connectivity index (χ3n) is 4.40. The summed E-state index contributed by atoms with van der Waals surface area (Å²) in [5, 5.41) is 8.72. The van der Waals surface area contributed by atoms with Crippen LogP contribution >= 0.6 is 0 Å². The van der Waals surface area contributed by atoms with Gasteiger partial charge in [-0.2, -0.15) is 0 Å². The topological polar surface area (TPSA) is 102 Å². The summed E-state index contributed by atoms with van der Waals surface area (Å²) in [5.74, 6) is 1.64. The van der Waals surface area contributed by atoms with E-state index in [0.29, 0.717) is 29.3 Å². The Kier molecular flexibility index (Phi) is 5.47. The van der Waals surface area contributed by atoms with Crippen LogP contribution in [0, 0.1) is 0 Å². The number of fused-ring (bicyclic) bond motifs is 1. The Hall–Kier alpha value is -4.07. The third kappa shape index (κ3) is 4.67. The lowest BCUT2D eigenvalue weighted by molar-refractivity contribution is -0.114. The number of nitrogens with zero attached hydrogens (tertiary/aromatic N) is 1. The van der Waals surface area contributed by atoms with Crippen LogP contribution in [0.15, 0.2) is 60.8 Å². The first-order valence-electron chi connectivity index (χ1n) is 9.34. The number of carbonyl (C=O) groups is 2. The van der Waals surface area contributed by atoms with Crippen molar-refractivity contribution in [3.05, 3.63) is 71.9 Å². The van der Waals surface area contributed by atoms with E-state index in [1.165, 1.54) is 6.92 Å². The summed E-state index contributed by atoms with van der Waals surface area (Å²) in [4.78, 5) is 27.9. The molecule has 0 atom stereocenters. The summed E-state index contributed by atoms with van der Waals surface area (Å²) in [6, 6.07) is 16.0. The summed E-state index contributed by atoms with van der Waals surface area (Å²) in [6.07, 6.45) is 1.58. The SMILES string of the molecule is CC(=O)Nc1ccc(NC(=O)c2ccnc(NCc3ccc4c(c3)OCO4)c2)cc1. The van der Waals surface area contributed by atoms with Gasteiger partial charge >= 0.3 is 0 Å². The van der Waals surface area contributed by atoms with E-state index < -0.39 is 0 Å².